The molecule has 0 heterocycles. The molecule has 0 radical (unpaired) electrons. The van der Waals surface area contributed by atoms with Crippen LogP contribution in [0.25, 0.3) is 87.6 Å². The summed E-state index contributed by atoms with van der Waals surface area (Å²) in [6, 6.07) is 112. The second-order valence-corrected chi connectivity index (χ2v) is 21.6. The molecule has 0 fully saturated rings. The van der Waals surface area contributed by atoms with Crippen LogP contribution < -0.4 is 0 Å². The van der Waals surface area contributed by atoms with Gasteiger partial charge in [-0.3, -0.25) is 0 Å². The van der Waals surface area contributed by atoms with Crippen molar-refractivity contribution in [2.24, 2.45) is 0 Å². The largest absolute Gasteiger partial charge is 0.0622 e. The fourth-order valence-electron chi connectivity index (χ4n) is 10.8. The lowest BCUT2D eigenvalue weighted by atomic mass is 9.98. The molecule has 0 N–H and O–H groups in total. The van der Waals surface area contributed by atoms with Crippen LogP contribution in [0.5, 0.6) is 0 Å². The summed E-state index contributed by atoms with van der Waals surface area (Å²) in [6.07, 6.45) is 1.10. The minimum Gasteiger partial charge on any atom is -0.0622 e. The van der Waals surface area contributed by atoms with Crippen LogP contribution in [0.1, 0.15) is 44.5 Å². The van der Waals surface area contributed by atoms with Gasteiger partial charge in [-0.05, 0) is 164 Å². The van der Waals surface area contributed by atoms with E-state index >= 15 is 0 Å². The fraction of sp³-hybridized carbons (Fsp3) is 0.0843. The van der Waals surface area contributed by atoms with Gasteiger partial charge < -0.3 is 0 Å². The Morgan fingerprint density at radius 2 is 0.602 bits per heavy atom. The molecule has 0 atom stereocenters. The summed E-state index contributed by atoms with van der Waals surface area (Å²) in [5.74, 6) is 0. The Morgan fingerprint density at radius 1 is 0.193 bits per heavy atom. The van der Waals surface area contributed by atoms with Crippen LogP contribution in [0.2, 0.25) is 0 Å². The standard InChI is InChI=1S/2C17H14.C14H12.C13H12.2C11H10/c1-13-9-11-15(12-10-13)17-8-4-6-14-5-2-3-7-16(14)17;1-13-6-8-15(9-7-13)17-11-10-14-4-2-3-5-16(14)12-17;1-10-6-7-14-12(8-10)9-11-4-2-3-5-13(11)14;1-11-7-5-6-10-13(11)12-8-3-2-4-9-12;1-9-5-4-7-10-6-2-3-8-11(9)10;1-9-6-7-10-4-2-3-5-11(10)8-9/h2*2-12H,1H3;2-8H,9H2,1H3;2-10H,1H3;2*2-8H,1H3. The van der Waals surface area contributed by atoms with Gasteiger partial charge in [-0.25, -0.2) is 0 Å². The van der Waals surface area contributed by atoms with Gasteiger partial charge in [0.25, 0.3) is 0 Å². The summed E-state index contributed by atoms with van der Waals surface area (Å²) in [6.45, 7) is 12.8. The predicted octanol–water partition coefficient (Wildman–Crippen LogP) is 23.2. The Balaban J connectivity index is 0.000000112. The van der Waals surface area contributed by atoms with Crippen LogP contribution in [0.3, 0.4) is 0 Å². The first-order valence-corrected chi connectivity index (χ1v) is 28.9. The highest BCUT2D eigenvalue weighted by Gasteiger charge is 2.17. The lowest BCUT2D eigenvalue weighted by Gasteiger charge is -2.07. The van der Waals surface area contributed by atoms with Gasteiger partial charge in [-0.1, -0.05) is 332 Å². The highest BCUT2D eigenvalue weighted by atomic mass is 14.2. The van der Waals surface area contributed by atoms with Crippen LogP contribution in [-0.2, 0) is 6.42 Å². The maximum atomic E-state index is 2.30. The molecule has 0 aliphatic heterocycles. The van der Waals surface area contributed by atoms with Gasteiger partial charge in [0.2, 0.25) is 0 Å². The zero-order chi connectivity index (χ0) is 57.3. The van der Waals surface area contributed by atoms with E-state index < -0.39 is 0 Å². The Morgan fingerprint density at radius 3 is 1.27 bits per heavy atom. The van der Waals surface area contributed by atoms with Gasteiger partial charge in [-0.15, -0.1) is 0 Å². The minimum absolute atomic E-state index is 1.10. The van der Waals surface area contributed by atoms with Crippen molar-refractivity contribution >= 4 is 43.1 Å². The van der Waals surface area contributed by atoms with Crippen molar-refractivity contribution in [3.8, 4) is 44.5 Å². The smallest absolute Gasteiger partial charge is 0.00134 e. The second-order valence-electron chi connectivity index (χ2n) is 21.6. The molecule has 404 valence electrons. The average Bonchev–Trinajstić information content (AvgIpc) is 4.09. The van der Waals surface area contributed by atoms with Crippen LogP contribution >= 0.6 is 0 Å². The van der Waals surface area contributed by atoms with E-state index in [1.165, 1.54) is 132 Å². The molecule has 15 rings (SSSR count). The summed E-state index contributed by atoms with van der Waals surface area (Å²) in [5, 5.41) is 10.5. The van der Waals surface area contributed by atoms with E-state index in [4.69, 9.17) is 0 Å². The topological polar surface area (TPSA) is 0 Å². The number of aryl methyl sites for hydroxylation is 6. The van der Waals surface area contributed by atoms with Crippen molar-refractivity contribution in [3.05, 3.63) is 360 Å². The van der Waals surface area contributed by atoms with Crippen molar-refractivity contribution in [3.63, 3.8) is 0 Å². The Bertz CT molecular complexity index is 4370. The van der Waals surface area contributed by atoms with Gasteiger partial charge in [0, 0.05) is 0 Å². The highest BCUT2D eigenvalue weighted by molar-refractivity contribution is 5.96. The highest BCUT2D eigenvalue weighted by Crippen LogP contribution is 2.37. The summed E-state index contributed by atoms with van der Waals surface area (Å²) in [7, 11) is 0. The maximum absolute atomic E-state index is 2.30. The van der Waals surface area contributed by atoms with Crippen LogP contribution in [0, 0.1) is 41.5 Å². The third kappa shape index (κ3) is 14.7. The molecule has 14 aromatic rings. The fourth-order valence-corrected chi connectivity index (χ4v) is 10.8. The Labute approximate surface area is 492 Å². The molecular formula is C83H72. The van der Waals surface area contributed by atoms with E-state index in [0.29, 0.717) is 0 Å². The van der Waals surface area contributed by atoms with Crippen LogP contribution in [0.15, 0.2) is 315 Å². The first kappa shape index (κ1) is 56.4. The van der Waals surface area contributed by atoms with Crippen molar-refractivity contribution < 1.29 is 0 Å². The van der Waals surface area contributed by atoms with Gasteiger partial charge in [0.05, 0.1) is 0 Å². The zero-order valence-electron chi connectivity index (χ0n) is 48.7. The molecule has 0 bridgehead atoms. The molecule has 0 unspecified atom stereocenters. The third-order valence-corrected chi connectivity index (χ3v) is 15.4. The van der Waals surface area contributed by atoms with E-state index in [1.807, 2.05) is 6.07 Å². The van der Waals surface area contributed by atoms with Gasteiger partial charge >= 0.3 is 0 Å². The third-order valence-electron chi connectivity index (χ3n) is 15.4. The van der Waals surface area contributed by atoms with Crippen molar-refractivity contribution in [2.75, 3.05) is 0 Å². The molecule has 0 heteroatoms. The predicted molar refractivity (Wildman–Crippen MR) is 362 cm³/mol. The Kier molecular flexibility index (Phi) is 18.7. The minimum atomic E-state index is 1.10. The van der Waals surface area contributed by atoms with Gasteiger partial charge in [0.1, 0.15) is 0 Å². The molecular weight excluding hydrogens is 997 g/mol. The van der Waals surface area contributed by atoms with Crippen molar-refractivity contribution in [1.82, 2.24) is 0 Å². The molecule has 0 saturated carbocycles. The lowest BCUT2D eigenvalue weighted by Crippen LogP contribution is -1.81. The van der Waals surface area contributed by atoms with E-state index in [-0.39, 0.29) is 0 Å². The summed E-state index contributed by atoms with van der Waals surface area (Å²) in [4.78, 5) is 0. The first-order chi connectivity index (χ1) is 40.6. The van der Waals surface area contributed by atoms with E-state index in [1.54, 1.807) is 0 Å². The summed E-state index contributed by atoms with van der Waals surface area (Å²) in [5.41, 5.74) is 21.5. The number of benzene rings is 14. The normalized spacial score (nSPS) is 10.7. The molecule has 0 saturated heterocycles. The SMILES string of the molecule is Cc1ccc(-c2ccc3ccccc3c2)cc1.Cc1ccc(-c2cccc3ccccc23)cc1.Cc1ccc2c(c1)Cc1ccccc1-2.Cc1ccc2ccccc2c1.Cc1cccc2ccccc12.Cc1ccccc1-c1ccccc1. The number of fused-ring (bicyclic) bond motifs is 7. The quantitative estimate of drug-likeness (QED) is 0.165. The molecule has 0 aromatic heterocycles. The first-order valence-electron chi connectivity index (χ1n) is 28.9. The molecule has 1 aliphatic rings. The number of hydrogen-bond acceptors (Lipinski definition) is 0. The second kappa shape index (κ2) is 27.5. The molecule has 0 nitrogen and oxygen atoms in total. The van der Waals surface area contributed by atoms with Crippen LogP contribution in [0.4, 0.5) is 0 Å². The van der Waals surface area contributed by atoms with Gasteiger partial charge in [-0.2, -0.15) is 0 Å². The van der Waals surface area contributed by atoms with Crippen LogP contribution in [-0.4, -0.2) is 0 Å². The summed E-state index contributed by atoms with van der Waals surface area (Å²) >= 11 is 0. The molecule has 83 heavy (non-hydrogen) atoms. The van der Waals surface area contributed by atoms with Crippen molar-refractivity contribution in [1.29, 1.82) is 0 Å². The average molecular weight is 1070 g/mol. The molecule has 0 spiro atoms. The van der Waals surface area contributed by atoms with Crippen molar-refractivity contribution in [2.45, 2.75) is 48.0 Å². The molecule has 0 amide bonds. The maximum Gasteiger partial charge on any atom is -0.00134 e. The number of hydrogen-bond donors (Lipinski definition) is 0. The van der Waals surface area contributed by atoms with E-state index in [2.05, 4.69) is 351 Å². The van der Waals surface area contributed by atoms with E-state index in [0.717, 1.165) is 6.42 Å². The summed E-state index contributed by atoms with van der Waals surface area (Å²) < 4.78 is 0. The zero-order valence-corrected chi connectivity index (χ0v) is 48.7. The van der Waals surface area contributed by atoms with E-state index in [9.17, 15) is 0 Å². The van der Waals surface area contributed by atoms with Gasteiger partial charge in [0.15, 0.2) is 0 Å². The lowest BCUT2D eigenvalue weighted by molar-refractivity contribution is 1.25. The monoisotopic (exact) mass is 1070 g/mol. The molecule has 14 aromatic carbocycles. The molecule has 1 aliphatic carbocycles. The number of rotatable bonds is 3. The Hall–Kier alpha value is -9.88.